The highest BCUT2D eigenvalue weighted by molar-refractivity contribution is 5.77. The second-order valence-corrected chi connectivity index (χ2v) is 6.45. The van der Waals surface area contributed by atoms with Crippen LogP contribution in [0, 0.1) is 0 Å². The predicted octanol–water partition coefficient (Wildman–Crippen LogP) is 3.52. The number of aromatic nitrogens is 2. The van der Waals surface area contributed by atoms with Crippen LogP contribution in [-0.2, 0) is 10.4 Å². The first-order valence-electron chi connectivity index (χ1n) is 8.75. The molecule has 1 aromatic carbocycles. The average Bonchev–Trinajstić information content (AvgIpc) is 2.72. The summed E-state index contributed by atoms with van der Waals surface area (Å²) in [6, 6.07) is 13.5. The number of rotatable bonds is 6. The minimum Gasteiger partial charge on any atom is -0.378 e. The number of carbonyl (C=O) groups excluding carboxylic acids is 1. The molecular weight excluding hydrogens is 383 g/mol. The highest BCUT2D eigenvalue weighted by Crippen LogP contribution is 2.40. The summed E-state index contributed by atoms with van der Waals surface area (Å²) in [5, 5.41) is 14.2. The fourth-order valence-electron chi connectivity index (χ4n) is 3.14. The average molecular weight is 401 g/mol. The molecule has 2 heterocycles. The molecule has 0 saturated carbocycles. The number of nitrogens with zero attached hydrogens (tertiary/aromatic N) is 2. The van der Waals surface area contributed by atoms with Gasteiger partial charge in [0.05, 0.1) is 6.04 Å². The van der Waals surface area contributed by atoms with E-state index in [0.717, 1.165) is 0 Å². The number of benzene rings is 1. The van der Waals surface area contributed by atoms with Gasteiger partial charge in [0.25, 0.3) is 0 Å². The molecule has 8 heteroatoms. The van der Waals surface area contributed by atoms with Gasteiger partial charge in [-0.3, -0.25) is 14.8 Å². The Labute approximate surface area is 165 Å². The second kappa shape index (κ2) is 8.40. The lowest BCUT2D eigenvalue weighted by Gasteiger charge is -2.37. The van der Waals surface area contributed by atoms with E-state index in [0.29, 0.717) is 16.7 Å². The number of alkyl halides is 3. The molecule has 1 unspecified atom stereocenters. The molecule has 1 atom stereocenters. The maximum atomic E-state index is 12.8. The first kappa shape index (κ1) is 20.5. The van der Waals surface area contributed by atoms with Crippen LogP contribution in [-0.4, -0.2) is 27.2 Å². The van der Waals surface area contributed by atoms with E-state index in [9.17, 15) is 23.1 Å². The predicted molar refractivity (Wildman–Crippen MR) is 99.5 cm³/mol. The first-order valence-corrected chi connectivity index (χ1v) is 8.75. The van der Waals surface area contributed by atoms with Gasteiger partial charge in [0.1, 0.15) is 12.0 Å². The Morgan fingerprint density at radius 3 is 1.93 bits per heavy atom. The number of hydrogen-bond acceptors (Lipinski definition) is 4. The maximum absolute atomic E-state index is 12.8. The number of aliphatic hydroxyl groups is 1. The number of carbonyl (C=O) groups is 1. The van der Waals surface area contributed by atoms with E-state index in [1.165, 1.54) is 24.8 Å². The molecule has 0 bridgehead atoms. The van der Waals surface area contributed by atoms with Crippen molar-refractivity contribution < 1.29 is 23.1 Å². The van der Waals surface area contributed by atoms with E-state index in [4.69, 9.17) is 0 Å². The monoisotopic (exact) mass is 401 g/mol. The molecule has 3 rings (SSSR count). The number of hydrogen-bond donors (Lipinski definition) is 2. The van der Waals surface area contributed by atoms with Gasteiger partial charge in [0, 0.05) is 35.9 Å². The molecule has 0 fully saturated rings. The zero-order chi connectivity index (χ0) is 20.9. The van der Waals surface area contributed by atoms with E-state index >= 15 is 0 Å². The van der Waals surface area contributed by atoms with Crippen LogP contribution in [0.5, 0.6) is 0 Å². The molecule has 1 amide bonds. The summed E-state index contributed by atoms with van der Waals surface area (Å²) >= 11 is 0. The summed E-state index contributed by atoms with van der Waals surface area (Å²) in [6.07, 6.45) is -0.518. The molecule has 2 aromatic heterocycles. The van der Waals surface area contributed by atoms with Crippen LogP contribution in [0.4, 0.5) is 13.2 Å². The second-order valence-electron chi connectivity index (χ2n) is 6.45. The number of amides is 1. The summed E-state index contributed by atoms with van der Waals surface area (Å²) in [6.45, 7) is 0. The molecule has 3 aromatic rings. The third-order valence-electron chi connectivity index (χ3n) is 4.42. The van der Waals surface area contributed by atoms with Crippen LogP contribution in [0.15, 0.2) is 79.4 Å². The van der Waals surface area contributed by atoms with Gasteiger partial charge >= 0.3 is 6.18 Å². The highest BCUT2D eigenvalue weighted by atomic mass is 19.4. The molecule has 0 aliphatic carbocycles. The van der Waals surface area contributed by atoms with Crippen molar-refractivity contribution in [3.63, 3.8) is 0 Å². The van der Waals surface area contributed by atoms with Gasteiger partial charge in [0.2, 0.25) is 5.91 Å². The molecule has 0 saturated heterocycles. The molecule has 5 nitrogen and oxygen atoms in total. The lowest BCUT2D eigenvalue weighted by Crippen LogP contribution is -2.46. The van der Waals surface area contributed by atoms with Crippen LogP contribution in [0.25, 0.3) is 0 Å². The van der Waals surface area contributed by atoms with Gasteiger partial charge in [-0.05, 0) is 17.7 Å². The third kappa shape index (κ3) is 4.78. The van der Waals surface area contributed by atoms with Crippen molar-refractivity contribution in [3.8, 4) is 0 Å². The minimum absolute atomic E-state index is 0.300. The number of halogens is 3. The van der Waals surface area contributed by atoms with Gasteiger partial charge in [0.15, 0.2) is 0 Å². The fraction of sp³-hybridized carbons (Fsp3) is 0.190. The lowest BCUT2D eigenvalue weighted by molar-refractivity contribution is -0.155. The van der Waals surface area contributed by atoms with Crippen molar-refractivity contribution in [2.75, 3.05) is 0 Å². The van der Waals surface area contributed by atoms with Crippen molar-refractivity contribution in [1.82, 2.24) is 15.3 Å². The van der Waals surface area contributed by atoms with Gasteiger partial charge in [-0.1, -0.05) is 42.5 Å². The smallest absolute Gasteiger partial charge is 0.378 e. The van der Waals surface area contributed by atoms with E-state index < -0.39 is 30.1 Å². The third-order valence-corrected chi connectivity index (χ3v) is 4.42. The zero-order valence-electron chi connectivity index (χ0n) is 15.2. The highest BCUT2D eigenvalue weighted by Gasteiger charge is 2.44. The van der Waals surface area contributed by atoms with Gasteiger partial charge in [-0.2, -0.15) is 13.2 Å². The van der Waals surface area contributed by atoms with E-state index in [1.54, 1.807) is 54.6 Å². The van der Waals surface area contributed by atoms with E-state index in [1.807, 2.05) is 0 Å². The van der Waals surface area contributed by atoms with Gasteiger partial charge < -0.3 is 10.4 Å². The molecule has 0 radical (unpaired) electrons. The van der Waals surface area contributed by atoms with E-state index in [-0.39, 0.29) is 0 Å². The molecule has 0 aliphatic heterocycles. The summed E-state index contributed by atoms with van der Waals surface area (Å²) in [4.78, 5) is 20.2. The Bertz CT molecular complexity index is 896. The number of nitrogens with one attached hydrogen (secondary N) is 1. The summed E-state index contributed by atoms with van der Waals surface area (Å²) < 4.78 is 38.3. The van der Waals surface area contributed by atoms with Crippen molar-refractivity contribution in [1.29, 1.82) is 0 Å². The van der Waals surface area contributed by atoms with Crippen molar-refractivity contribution in [3.05, 3.63) is 96.1 Å². The molecule has 0 aliphatic rings. The van der Waals surface area contributed by atoms with Gasteiger partial charge in [-0.15, -0.1) is 0 Å². The topological polar surface area (TPSA) is 75.1 Å². The normalized spacial score (nSPS) is 13.0. The summed E-state index contributed by atoms with van der Waals surface area (Å²) in [5.74, 6) is -1.25. The Balaban J connectivity index is 2.14. The Morgan fingerprint density at radius 1 is 0.931 bits per heavy atom. The minimum atomic E-state index is -4.67. The van der Waals surface area contributed by atoms with Crippen LogP contribution in [0.3, 0.4) is 0 Å². The lowest BCUT2D eigenvalue weighted by atomic mass is 9.78. The maximum Gasteiger partial charge on any atom is 0.397 e. The molecule has 2 N–H and O–H groups in total. The van der Waals surface area contributed by atoms with Crippen molar-refractivity contribution >= 4 is 5.91 Å². The Hall–Kier alpha value is -3.26. The molecule has 0 spiro atoms. The Morgan fingerprint density at radius 2 is 1.48 bits per heavy atom. The largest absolute Gasteiger partial charge is 0.397 e. The first-order chi connectivity index (χ1) is 13.8. The van der Waals surface area contributed by atoms with Crippen molar-refractivity contribution in [2.45, 2.75) is 24.2 Å². The Kier molecular flexibility index (Phi) is 5.93. The van der Waals surface area contributed by atoms with Crippen LogP contribution in [0.1, 0.15) is 29.2 Å². The standard InChI is InChI=1S/C21H18F3N3O2/c22-20(23,24)12-18(28)27-19(15-6-2-1-3-7-15)21(29,16-8-4-10-25-13-16)17-9-5-11-26-14-17/h1-11,13-14,19,29H,12H2,(H,27,28). The van der Waals surface area contributed by atoms with Crippen LogP contribution >= 0.6 is 0 Å². The van der Waals surface area contributed by atoms with Crippen LogP contribution in [0.2, 0.25) is 0 Å². The van der Waals surface area contributed by atoms with Crippen molar-refractivity contribution in [2.24, 2.45) is 0 Å². The SMILES string of the molecule is O=C(CC(F)(F)F)NC(c1ccccc1)C(O)(c1cccnc1)c1cccnc1. The molecule has 29 heavy (non-hydrogen) atoms. The molecule has 150 valence electrons. The summed E-state index contributed by atoms with van der Waals surface area (Å²) in [5.41, 5.74) is -0.882. The number of pyridine rings is 2. The zero-order valence-corrected chi connectivity index (χ0v) is 15.2. The quantitative estimate of drug-likeness (QED) is 0.663. The van der Waals surface area contributed by atoms with E-state index in [2.05, 4.69) is 15.3 Å². The van der Waals surface area contributed by atoms with Gasteiger partial charge in [-0.25, -0.2) is 0 Å². The summed E-state index contributed by atoms with van der Waals surface area (Å²) in [7, 11) is 0. The fourth-order valence-corrected chi connectivity index (χ4v) is 3.14. The molecular formula is C21H18F3N3O2. The van der Waals surface area contributed by atoms with Crippen LogP contribution < -0.4 is 5.32 Å².